The van der Waals surface area contributed by atoms with Crippen LogP contribution >= 0.6 is 0 Å². The van der Waals surface area contributed by atoms with E-state index < -0.39 is 0 Å². The number of anilines is 2. The summed E-state index contributed by atoms with van der Waals surface area (Å²) in [6.07, 6.45) is 0.947. The molecule has 3 aromatic rings. The third-order valence-electron chi connectivity index (χ3n) is 4.18. The molecule has 0 aliphatic heterocycles. The molecule has 0 aliphatic carbocycles. The Hall–Kier alpha value is -3.60. The molecule has 3 aromatic carbocycles. The third kappa shape index (κ3) is 5.20. The third-order valence-corrected chi connectivity index (χ3v) is 4.18. The lowest BCUT2D eigenvalue weighted by atomic mass is 10.1. The number of carbonyl (C=O) groups is 2. The van der Waals surface area contributed by atoms with Crippen molar-refractivity contribution in [1.29, 1.82) is 0 Å². The fraction of sp³-hybridized carbons (Fsp3) is 0.130. The number of carbonyl (C=O) groups excluding carboxylic acids is 2. The molecule has 0 saturated carbocycles. The molecular weight excluding hydrogens is 352 g/mol. The van der Waals surface area contributed by atoms with Gasteiger partial charge in [0.15, 0.2) is 6.61 Å². The Bertz CT molecular complexity index is 938. The first-order chi connectivity index (χ1) is 13.7. The van der Waals surface area contributed by atoms with E-state index in [9.17, 15) is 9.59 Å². The molecule has 0 heterocycles. The number of benzene rings is 3. The number of ether oxygens (including phenoxy) is 1. The van der Waals surface area contributed by atoms with Gasteiger partial charge < -0.3 is 15.4 Å². The summed E-state index contributed by atoms with van der Waals surface area (Å²) in [5, 5.41) is 5.56. The molecule has 0 atom stereocenters. The second-order valence-corrected chi connectivity index (χ2v) is 6.20. The zero-order chi connectivity index (χ0) is 19.8. The molecule has 2 amide bonds. The molecule has 5 nitrogen and oxygen atoms in total. The molecule has 0 spiro atoms. The molecule has 0 saturated heterocycles. The van der Waals surface area contributed by atoms with Gasteiger partial charge in [-0.15, -0.1) is 0 Å². The Labute approximate surface area is 164 Å². The van der Waals surface area contributed by atoms with Crippen LogP contribution in [0, 0.1) is 0 Å². The van der Waals surface area contributed by atoms with Crippen molar-refractivity contribution in [3.8, 4) is 5.75 Å². The van der Waals surface area contributed by atoms with Crippen LogP contribution in [0.4, 0.5) is 11.4 Å². The smallest absolute Gasteiger partial charge is 0.262 e. The Morgan fingerprint density at radius 3 is 2.21 bits per heavy atom. The van der Waals surface area contributed by atoms with Gasteiger partial charge in [-0.1, -0.05) is 49.4 Å². The molecule has 0 fully saturated rings. The van der Waals surface area contributed by atoms with Crippen LogP contribution in [0.1, 0.15) is 22.8 Å². The predicted molar refractivity (Wildman–Crippen MR) is 111 cm³/mol. The minimum Gasteiger partial charge on any atom is -0.484 e. The second-order valence-electron chi connectivity index (χ2n) is 6.20. The van der Waals surface area contributed by atoms with E-state index in [-0.39, 0.29) is 18.4 Å². The van der Waals surface area contributed by atoms with Gasteiger partial charge in [-0.25, -0.2) is 0 Å². The van der Waals surface area contributed by atoms with Crippen LogP contribution in [-0.2, 0) is 11.2 Å². The molecule has 0 radical (unpaired) electrons. The summed E-state index contributed by atoms with van der Waals surface area (Å²) in [6, 6.07) is 23.6. The zero-order valence-electron chi connectivity index (χ0n) is 15.6. The van der Waals surface area contributed by atoms with E-state index in [4.69, 9.17) is 4.74 Å². The Morgan fingerprint density at radius 2 is 1.50 bits per heavy atom. The van der Waals surface area contributed by atoms with Gasteiger partial charge in [0.05, 0.1) is 11.3 Å². The minimum atomic E-state index is -0.334. The van der Waals surface area contributed by atoms with Gasteiger partial charge in [0.25, 0.3) is 11.8 Å². The fourth-order valence-corrected chi connectivity index (χ4v) is 2.67. The van der Waals surface area contributed by atoms with Gasteiger partial charge in [0.1, 0.15) is 5.75 Å². The number of nitrogens with one attached hydrogen (secondary N) is 2. The Kier molecular flexibility index (Phi) is 6.41. The molecule has 0 bridgehead atoms. The standard InChI is InChI=1S/C23H22N2O3/c1-2-17-12-14-19(15-13-17)28-16-22(26)25-21-11-7-6-10-20(21)23(27)24-18-8-4-3-5-9-18/h3-15H,2,16H2,1H3,(H,24,27)(H,25,26). The van der Waals surface area contributed by atoms with Gasteiger partial charge in [0, 0.05) is 5.69 Å². The summed E-state index contributed by atoms with van der Waals surface area (Å²) in [6.45, 7) is 1.94. The normalized spacial score (nSPS) is 10.2. The van der Waals surface area contributed by atoms with Crippen LogP contribution in [0.3, 0.4) is 0 Å². The maximum absolute atomic E-state index is 12.6. The van der Waals surface area contributed by atoms with Crippen LogP contribution < -0.4 is 15.4 Å². The van der Waals surface area contributed by atoms with Crippen LogP contribution in [0.15, 0.2) is 78.9 Å². The number of hydrogen-bond acceptors (Lipinski definition) is 3. The lowest BCUT2D eigenvalue weighted by Gasteiger charge is -2.12. The Morgan fingerprint density at radius 1 is 0.821 bits per heavy atom. The number of amides is 2. The highest BCUT2D eigenvalue weighted by atomic mass is 16.5. The summed E-state index contributed by atoms with van der Waals surface area (Å²) in [4.78, 5) is 24.8. The zero-order valence-corrected chi connectivity index (χ0v) is 15.6. The van der Waals surface area contributed by atoms with E-state index >= 15 is 0 Å². The van der Waals surface area contributed by atoms with Gasteiger partial charge >= 0.3 is 0 Å². The maximum atomic E-state index is 12.6. The van der Waals surface area contributed by atoms with Gasteiger partial charge in [0.2, 0.25) is 0 Å². The van der Waals surface area contributed by atoms with Crippen LogP contribution in [0.5, 0.6) is 5.75 Å². The van der Waals surface area contributed by atoms with Crippen molar-refractivity contribution in [2.75, 3.05) is 17.2 Å². The van der Waals surface area contributed by atoms with Crippen molar-refractivity contribution >= 4 is 23.2 Å². The number of aryl methyl sites for hydroxylation is 1. The summed E-state index contributed by atoms with van der Waals surface area (Å²) < 4.78 is 5.52. The Balaban J connectivity index is 1.62. The highest BCUT2D eigenvalue weighted by Crippen LogP contribution is 2.18. The van der Waals surface area contributed by atoms with Crippen molar-refractivity contribution in [2.24, 2.45) is 0 Å². The monoisotopic (exact) mass is 374 g/mol. The van der Waals surface area contributed by atoms with Crippen molar-refractivity contribution in [2.45, 2.75) is 13.3 Å². The number of hydrogen-bond donors (Lipinski definition) is 2. The highest BCUT2D eigenvalue weighted by Gasteiger charge is 2.13. The minimum absolute atomic E-state index is 0.139. The lowest BCUT2D eigenvalue weighted by Crippen LogP contribution is -2.22. The van der Waals surface area contributed by atoms with Crippen LogP contribution in [0.25, 0.3) is 0 Å². The van der Waals surface area contributed by atoms with Crippen molar-refractivity contribution in [1.82, 2.24) is 0 Å². The molecule has 2 N–H and O–H groups in total. The maximum Gasteiger partial charge on any atom is 0.262 e. The average Bonchev–Trinajstić information content (AvgIpc) is 2.73. The first-order valence-electron chi connectivity index (χ1n) is 9.12. The predicted octanol–water partition coefficient (Wildman–Crippen LogP) is 4.52. The average molecular weight is 374 g/mol. The first-order valence-corrected chi connectivity index (χ1v) is 9.12. The second kappa shape index (κ2) is 9.37. The van der Waals surface area contributed by atoms with Crippen LogP contribution in [0.2, 0.25) is 0 Å². The molecule has 3 rings (SSSR count). The molecule has 5 heteroatoms. The molecule has 142 valence electrons. The summed E-state index contributed by atoms with van der Waals surface area (Å²) >= 11 is 0. The summed E-state index contributed by atoms with van der Waals surface area (Å²) in [5.74, 6) is 0.000146. The van der Waals surface area contributed by atoms with E-state index in [0.717, 1.165) is 6.42 Å². The lowest BCUT2D eigenvalue weighted by molar-refractivity contribution is -0.118. The van der Waals surface area contributed by atoms with Gasteiger partial charge in [-0.2, -0.15) is 0 Å². The van der Waals surface area contributed by atoms with E-state index in [1.807, 2.05) is 42.5 Å². The fourth-order valence-electron chi connectivity index (χ4n) is 2.67. The van der Waals surface area contributed by atoms with Gasteiger partial charge in [-0.3, -0.25) is 9.59 Å². The summed E-state index contributed by atoms with van der Waals surface area (Å²) in [5.41, 5.74) is 2.71. The molecule has 0 aliphatic rings. The highest BCUT2D eigenvalue weighted by molar-refractivity contribution is 6.10. The van der Waals surface area contributed by atoms with Crippen LogP contribution in [-0.4, -0.2) is 18.4 Å². The van der Waals surface area contributed by atoms with Crippen molar-refractivity contribution < 1.29 is 14.3 Å². The van der Waals surface area contributed by atoms with Gasteiger partial charge in [-0.05, 0) is 48.4 Å². The quantitative estimate of drug-likeness (QED) is 0.639. The molecular formula is C23H22N2O3. The molecule has 0 unspecified atom stereocenters. The topological polar surface area (TPSA) is 67.4 Å². The SMILES string of the molecule is CCc1ccc(OCC(=O)Nc2ccccc2C(=O)Nc2ccccc2)cc1. The van der Waals surface area contributed by atoms with Crippen molar-refractivity contribution in [3.05, 3.63) is 90.0 Å². The number of para-hydroxylation sites is 2. The number of rotatable bonds is 7. The first kappa shape index (κ1) is 19.2. The van der Waals surface area contributed by atoms with E-state index in [2.05, 4.69) is 17.6 Å². The van der Waals surface area contributed by atoms with E-state index in [0.29, 0.717) is 22.7 Å². The van der Waals surface area contributed by atoms with E-state index in [1.54, 1.807) is 36.4 Å². The summed E-state index contributed by atoms with van der Waals surface area (Å²) in [7, 11) is 0. The molecule has 0 aromatic heterocycles. The molecule has 28 heavy (non-hydrogen) atoms. The van der Waals surface area contributed by atoms with Crippen molar-refractivity contribution in [3.63, 3.8) is 0 Å². The largest absolute Gasteiger partial charge is 0.484 e. The van der Waals surface area contributed by atoms with E-state index in [1.165, 1.54) is 5.56 Å².